The maximum Gasteiger partial charge on any atom is 0.0800 e. The van der Waals surface area contributed by atoms with E-state index in [1.807, 2.05) is 6.92 Å². The van der Waals surface area contributed by atoms with E-state index in [1.165, 1.54) is 31.3 Å². The molecule has 3 aliphatic rings. The zero-order valence-corrected chi connectivity index (χ0v) is 14.3. The molecular formula is C20H32O. The Bertz CT molecular complexity index is 474. The minimum Gasteiger partial charge on any atom is -0.386 e. The average Bonchev–Trinajstić information content (AvgIpc) is 2.66. The summed E-state index contributed by atoms with van der Waals surface area (Å²) in [4.78, 5) is 0. The van der Waals surface area contributed by atoms with Gasteiger partial charge in [0, 0.05) is 0 Å². The van der Waals surface area contributed by atoms with Crippen molar-refractivity contribution >= 4 is 0 Å². The van der Waals surface area contributed by atoms with E-state index in [-0.39, 0.29) is 5.41 Å². The van der Waals surface area contributed by atoms with Gasteiger partial charge in [-0.05, 0) is 81.0 Å². The summed E-state index contributed by atoms with van der Waals surface area (Å²) in [6, 6.07) is 0. The Kier molecular flexibility index (Phi) is 3.44. The van der Waals surface area contributed by atoms with Gasteiger partial charge in [0.05, 0.1) is 5.60 Å². The third-order valence-corrected chi connectivity index (χ3v) is 7.31. The SMILES string of the molecule is C=C(C)[C@@H]1CC[C@@]2(C)[C@H]3CC[C@](C)(O)C=C[C@@]3(C)CC[C@@H]12. The highest BCUT2D eigenvalue weighted by atomic mass is 16.3. The van der Waals surface area contributed by atoms with Crippen LogP contribution in [0.5, 0.6) is 0 Å². The van der Waals surface area contributed by atoms with E-state index in [9.17, 15) is 5.11 Å². The molecule has 2 fully saturated rings. The molecule has 0 spiro atoms. The van der Waals surface area contributed by atoms with Crippen molar-refractivity contribution in [1.82, 2.24) is 0 Å². The first-order valence-electron chi connectivity index (χ1n) is 8.76. The molecule has 0 saturated heterocycles. The van der Waals surface area contributed by atoms with Crippen LogP contribution in [0.1, 0.15) is 66.2 Å². The minimum atomic E-state index is -0.613. The maximum atomic E-state index is 10.5. The molecule has 2 saturated carbocycles. The van der Waals surface area contributed by atoms with Gasteiger partial charge in [-0.1, -0.05) is 38.2 Å². The summed E-state index contributed by atoms with van der Waals surface area (Å²) in [6.45, 7) is 13.4. The second-order valence-corrected chi connectivity index (χ2v) is 8.93. The molecule has 1 heteroatoms. The Morgan fingerprint density at radius 2 is 1.76 bits per heavy atom. The summed E-state index contributed by atoms with van der Waals surface area (Å²) in [7, 11) is 0. The summed E-state index contributed by atoms with van der Waals surface area (Å²) >= 11 is 0. The molecule has 0 aliphatic heterocycles. The second kappa shape index (κ2) is 4.72. The maximum absolute atomic E-state index is 10.5. The van der Waals surface area contributed by atoms with E-state index in [4.69, 9.17) is 0 Å². The van der Waals surface area contributed by atoms with E-state index in [0.717, 1.165) is 24.7 Å². The standard InChI is InChI=1S/C20H32O/c1-14(2)15-6-11-20(5)16(15)7-9-18(3)12-13-19(4,21)10-8-17(18)20/h12-13,15-17,21H,1,6-11H2,2-5H3/t15-,16-,17-,18+,19-,20+/m0/s1. The number of rotatable bonds is 1. The lowest BCUT2D eigenvalue weighted by Gasteiger charge is -2.54. The van der Waals surface area contributed by atoms with E-state index < -0.39 is 5.60 Å². The third kappa shape index (κ3) is 2.32. The molecule has 1 nitrogen and oxygen atoms in total. The van der Waals surface area contributed by atoms with Crippen LogP contribution in [0.4, 0.5) is 0 Å². The van der Waals surface area contributed by atoms with Crippen LogP contribution in [0.25, 0.3) is 0 Å². The van der Waals surface area contributed by atoms with Gasteiger partial charge in [-0.15, -0.1) is 0 Å². The molecule has 0 aromatic carbocycles. The normalized spacial score (nSPS) is 52.9. The van der Waals surface area contributed by atoms with Crippen molar-refractivity contribution in [2.24, 2.45) is 28.6 Å². The Morgan fingerprint density at radius 3 is 2.43 bits per heavy atom. The first-order chi connectivity index (χ1) is 9.68. The summed E-state index contributed by atoms with van der Waals surface area (Å²) in [5.41, 5.74) is 1.49. The highest BCUT2D eigenvalue weighted by Gasteiger charge is 2.57. The van der Waals surface area contributed by atoms with Crippen LogP contribution in [0.2, 0.25) is 0 Å². The highest BCUT2D eigenvalue weighted by molar-refractivity contribution is 5.19. The van der Waals surface area contributed by atoms with Crippen LogP contribution in [-0.2, 0) is 0 Å². The van der Waals surface area contributed by atoms with Gasteiger partial charge in [0.1, 0.15) is 0 Å². The summed E-state index contributed by atoms with van der Waals surface area (Å²) < 4.78 is 0. The van der Waals surface area contributed by atoms with Crippen LogP contribution in [-0.4, -0.2) is 10.7 Å². The Labute approximate surface area is 130 Å². The smallest absolute Gasteiger partial charge is 0.0800 e. The predicted octanol–water partition coefficient (Wildman–Crippen LogP) is 5.11. The van der Waals surface area contributed by atoms with Crippen molar-refractivity contribution in [2.45, 2.75) is 71.8 Å². The first-order valence-corrected chi connectivity index (χ1v) is 8.76. The van der Waals surface area contributed by atoms with Gasteiger partial charge in [0.25, 0.3) is 0 Å². The van der Waals surface area contributed by atoms with Crippen LogP contribution >= 0.6 is 0 Å². The minimum absolute atomic E-state index is 0.274. The number of allylic oxidation sites excluding steroid dienone is 2. The van der Waals surface area contributed by atoms with E-state index in [2.05, 4.69) is 39.5 Å². The van der Waals surface area contributed by atoms with Gasteiger partial charge in [-0.25, -0.2) is 0 Å². The summed E-state index contributed by atoms with van der Waals surface area (Å²) in [5.74, 6) is 2.25. The predicted molar refractivity (Wildman–Crippen MR) is 89.0 cm³/mol. The molecule has 0 aromatic rings. The molecule has 0 heterocycles. The quantitative estimate of drug-likeness (QED) is 0.665. The summed E-state index contributed by atoms with van der Waals surface area (Å²) in [5, 5.41) is 10.5. The zero-order chi connectivity index (χ0) is 15.5. The Balaban J connectivity index is 1.96. The van der Waals surface area contributed by atoms with Crippen LogP contribution in [0.15, 0.2) is 24.3 Å². The molecule has 3 aliphatic carbocycles. The van der Waals surface area contributed by atoms with Crippen molar-refractivity contribution in [2.75, 3.05) is 0 Å². The molecule has 6 atom stereocenters. The fourth-order valence-corrected chi connectivity index (χ4v) is 6.01. The molecular weight excluding hydrogens is 256 g/mol. The molecule has 0 unspecified atom stereocenters. The number of hydrogen-bond acceptors (Lipinski definition) is 1. The van der Waals surface area contributed by atoms with Gasteiger partial charge in [0.15, 0.2) is 0 Å². The van der Waals surface area contributed by atoms with Crippen LogP contribution < -0.4 is 0 Å². The average molecular weight is 288 g/mol. The Morgan fingerprint density at radius 1 is 1.05 bits per heavy atom. The molecule has 1 N–H and O–H groups in total. The number of aliphatic hydroxyl groups is 1. The molecule has 118 valence electrons. The fourth-order valence-electron chi connectivity index (χ4n) is 6.01. The van der Waals surface area contributed by atoms with E-state index >= 15 is 0 Å². The molecule has 0 bridgehead atoms. The largest absolute Gasteiger partial charge is 0.386 e. The lowest BCUT2D eigenvalue weighted by molar-refractivity contribution is -0.0311. The van der Waals surface area contributed by atoms with Crippen molar-refractivity contribution in [3.8, 4) is 0 Å². The van der Waals surface area contributed by atoms with Gasteiger partial charge >= 0.3 is 0 Å². The van der Waals surface area contributed by atoms with Gasteiger partial charge in [0.2, 0.25) is 0 Å². The molecule has 0 radical (unpaired) electrons. The van der Waals surface area contributed by atoms with Crippen LogP contribution in [0.3, 0.4) is 0 Å². The van der Waals surface area contributed by atoms with Gasteiger partial charge < -0.3 is 5.11 Å². The first kappa shape index (κ1) is 15.3. The number of fused-ring (bicyclic) bond motifs is 3. The lowest BCUT2D eigenvalue weighted by atomic mass is 9.51. The van der Waals surface area contributed by atoms with Crippen LogP contribution in [0, 0.1) is 28.6 Å². The van der Waals surface area contributed by atoms with Gasteiger partial charge in [-0.2, -0.15) is 0 Å². The van der Waals surface area contributed by atoms with Crippen molar-refractivity contribution in [3.05, 3.63) is 24.3 Å². The summed E-state index contributed by atoms with van der Waals surface area (Å²) in [6.07, 6.45) is 11.8. The highest BCUT2D eigenvalue weighted by Crippen LogP contribution is 2.65. The van der Waals surface area contributed by atoms with Gasteiger partial charge in [-0.3, -0.25) is 0 Å². The zero-order valence-electron chi connectivity index (χ0n) is 14.3. The van der Waals surface area contributed by atoms with Crippen molar-refractivity contribution in [1.29, 1.82) is 0 Å². The molecule has 0 aromatic heterocycles. The third-order valence-electron chi connectivity index (χ3n) is 7.31. The molecule has 21 heavy (non-hydrogen) atoms. The lowest BCUT2D eigenvalue weighted by Crippen LogP contribution is -2.46. The van der Waals surface area contributed by atoms with E-state index in [1.54, 1.807) is 0 Å². The monoisotopic (exact) mass is 288 g/mol. The van der Waals surface area contributed by atoms with Crippen molar-refractivity contribution in [3.63, 3.8) is 0 Å². The molecule has 0 amide bonds. The Hall–Kier alpha value is -0.560. The second-order valence-electron chi connectivity index (χ2n) is 8.93. The number of hydrogen-bond donors (Lipinski definition) is 1. The molecule has 3 rings (SSSR count). The topological polar surface area (TPSA) is 20.2 Å². The fraction of sp³-hybridized carbons (Fsp3) is 0.800. The van der Waals surface area contributed by atoms with E-state index in [0.29, 0.717) is 11.3 Å². The van der Waals surface area contributed by atoms with Crippen molar-refractivity contribution < 1.29 is 5.11 Å².